The molecule has 1 aromatic rings. The highest BCUT2D eigenvalue weighted by atomic mass is 16.3. The summed E-state index contributed by atoms with van der Waals surface area (Å²) >= 11 is 0. The van der Waals surface area contributed by atoms with Crippen LogP contribution in [0.1, 0.15) is 63.5 Å². The van der Waals surface area contributed by atoms with E-state index in [1.807, 2.05) is 0 Å². The summed E-state index contributed by atoms with van der Waals surface area (Å²) in [4.78, 5) is 0. The second-order valence-corrected chi connectivity index (χ2v) is 5.25. The van der Waals surface area contributed by atoms with Gasteiger partial charge < -0.3 is 5.11 Å². The highest BCUT2D eigenvalue weighted by Gasteiger charge is 2.06. The maximum absolute atomic E-state index is 9.91. The molecule has 0 bridgehead atoms. The van der Waals surface area contributed by atoms with Crippen LogP contribution in [-0.2, 0) is 6.42 Å². The summed E-state index contributed by atoms with van der Waals surface area (Å²) < 4.78 is 0. The molecule has 0 saturated carbocycles. The molecule has 1 nitrogen and oxygen atoms in total. The molecule has 0 saturated heterocycles. The highest BCUT2D eigenvalue weighted by molar-refractivity contribution is 5.25. The smallest absolute Gasteiger partial charge is 0.0580 e. The molecule has 0 amide bonds. The summed E-state index contributed by atoms with van der Waals surface area (Å²) in [5.74, 6) is 0.582. The van der Waals surface area contributed by atoms with Gasteiger partial charge >= 0.3 is 0 Å². The number of hydrogen-bond acceptors (Lipinski definition) is 1. The van der Waals surface area contributed by atoms with Crippen LogP contribution in [0.3, 0.4) is 0 Å². The van der Waals surface area contributed by atoms with Gasteiger partial charge in [-0.05, 0) is 29.9 Å². The monoisotopic (exact) mass is 234 g/mol. The van der Waals surface area contributed by atoms with E-state index in [9.17, 15) is 5.11 Å². The Morgan fingerprint density at radius 3 is 2.24 bits per heavy atom. The Morgan fingerprint density at radius 1 is 1.06 bits per heavy atom. The molecule has 1 atom stereocenters. The third-order valence-corrected chi connectivity index (χ3v) is 3.26. The number of benzene rings is 1. The van der Waals surface area contributed by atoms with Crippen LogP contribution in [-0.4, -0.2) is 11.2 Å². The molecule has 1 heteroatoms. The Balaban J connectivity index is 2.40. The first kappa shape index (κ1) is 14.2. The number of rotatable bonds is 7. The third kappa shape index (κ3) is 5.36. The van der Waals surface area contributed by atoms with E-state index in [1.54, 1.807) is 0 Å². The van der Waals surface area contributed by atoms with Crippen molar-refractivity contribution < 1.29 is 5.11 Å². The largest absolute Gasteiger partial charge is 0.393 e. The van der Waals surface area contributed by atoms with Crippen LogP contribution in [0.15, 0.2) is 24.3 Å². The zero-order valence-electron chi connectivity index (χ0n) is 11.4. The van der Waals surface area contributed by atoms with Crippen molar-refractivity contribution in [2.24, 2.45) is 0 Å². The lowest BCUT2D eigenvalue weighted by atomic mass is 9.98. The van der Waals surface area contributed by atoms with Crippen LogP contribution in [0.4, 0.5) is 0 Å². The first-order valence-corrected chi connectivity index (χ1v) is 6.90. The Labute approximate surface area is 106 Å². The Bertz CT molecular complexity index is 300. The minimum atomic E-state index is -0.175. The molecular weight excluding hydrogens is 208 g/mol. The molecule has 0 aliphatic rings. The number of aliphatic hydroxyl groups is 1. The van der Waals surface area contributed by atoms with Crippen LogP contribution >= 0.6 is 0 Å². The fraction of sp³-hybridized carbons (Fsp3) is 0.625. The van der Waals surface area contributed by atoms with Crippen LogP contribution in [0, 0.1) is 0 Å². The van der Waals surface area contributed by atoms with Gasteiger partial charge in [-0.15, -0.1) is 0 Å². The first-order valence-electron chi connectivity index (χ1n) is 6.90. The SMILES string of the molecule is CCCCCC(O)Cc1ccc(C(C)C)cc1. The zero-order valence-corrected chi connectivity index (χ0v) is 11.4. The topological polar surface area (TPSA) is 20.2 Å². The van der Waals surface area contributed by atoms with Crippen molar-refractivity contribution >= 4 is 0 Å². The Morgan fingerprint density at radius 2 is 1.71 bits per heavy atom. The van der Waals surface area contributed by atoms with Crippen molar-refractivity contribution in [3.05, 3.63) is 35.4 Å². The molecule has 96 valence electrons. The van der Waals surface area contributed by atoms with Crippen molar-refractivity contribution in [2.45, 2.75) is 64.9 Å². The molecule has 0 fully saturated rings. The van der Waals surface area contributed by atoms with E-state index < -0.39 is 0 Å². The normalized spacial score (nSPS) is 13.0. The lowest BCUT2D eigenvalue weighted by Crippen LogP contribution is -2.10. The molecule has 0 radical (unpaired) electrons. The lowest BCUT2D eigenvalue weighted by molar-refractivity contribution is 0.161. The molecular formula is C16H26O. The molecule has 0 spiro atoms. The predicted molar refractivity (Wildman–Crippen MR) is 74.4 cm³/mol. The molecule has 1 N–H and O–H groups in total. The van der Waals surface area contributed by atoms with E-state index in [0.29, 0.717) is 5.92 Å². The standard InChI is InChI=1S/C16H26O/c1-4-5-6-7-16(17)12-14-8-10-15(11-9-14)13(2)3/h8-11,13,16-17H,4-7,12H2,1-3H3. The van der Waals surface area contributed by atoms with E-state index in [0.717, 1.165) is 19.3 Å². The van der Waals surface area contributed by atoms with Gasteiger partial charge in [-0.2, -0.15) is 0 Å². The predicted octanol–water partition coefficient (Wildman–Crippen LogP) is 4.29. The van der Waals surface area contributed by atoms with Gasteiger partial charge in [-0.3, -0.25) is 0 Å². The van der Waals surface area contributed by atoms with Crippen LogP contribution in [0.25, 0.3) is 0 Å². The van der Waals surface area contributed by atoms with Crippen molar-refractivity contribution in [3.8, 4) is 0 Å². The minimum absolute atomic E-state index is 0.175. The average molecular weight is 234 g/mol. The van der Waals surface area contributed by atoms with Gasteiger partial charge in [0.25, 0.3) is 0 Å². The molecule has 0 aromatic heterocycles. The molecule has 17 heavy (non-hydrogen) atoms. The summed E-state index contributed by atoms with van der Waals surface area (Å²) in [7, 11) is 0. The van der Waals surface area contributed by atoms with Gasteiger partial charge in [0, 0.05) is 0 Å². The number of hydrogen-bond donors (Lipinski definition) is 1. The van der Waals surface area contributed by atoms with E-state index in [4.69, 9.17) is 0 Å². The van der Waals surface area contributed by atoms with Crippen molar-refractivity contribution in [1.82, 2.24) is 0 Å². The average Bonchev–Trinajstić information content (AvgIpc) is 2.30. The summed E-state index contributed by atoms with van der Waals surface area (Å²) in [5, 5.41) is 9.91. The summed E-state index contributed by atoms with van der Waals surface area (Å²) in [6, 6.07) is 8.66. The van der Waals surface area contributed by atoms with Crippen LogP contribution < -0.4 is 0 Å². The highest BCUT2D eigenvalue weighted by Crippen LogP contribution is 2.16. The molecule has 0 heterocycles. The Kier molecular flexibility index (Phi) is 6.28. The van der Waals surface area contributed by atoms with E-state index >= 15 is 0 Å². The van der Waals surface area contributed by atoms with Gasteiger partial charge in [0.05, 0.1) is 6.10 Å². The van der Waals surface area contributed by atoms with Gasteiger partial charge in [0.2, 0.25) is 0 Å². The van der Waals surface area contributed by atoms with E-state index in [1.165, 1.54) is 24.0 Å². The van der Waals surface area contributed by atoms with Crippen molar-refractivity contribution in [2.75, 3.05) is 0 Å². The van der Waals surface area contributed by atoms with Crippen molar-refractivity contribution in [1.29, 1.82) is 0 Å². The molecule has 1 rings (SSSR count). The Hall–Kier alpha value is -0.820. The summed E-state index contributed by atoms with van der Waals surface area (Å²) in [6.07, 6.45) is 5.13. The summed E-state index contributed by atoms with van der Waals surface area (Å²) in [5.41, 5.74) is 2.62. The second-order valence-electron chi connectivity index (χ2n) is 5.25. The fourth-order valence-corrected chi connectivity index (χ4v) is 2.04. The first-order chi connectivity index (χ1) is 8.13. The molecule has 1 aromatic carbocycles. The van der Waals surface area contributed by atoms with Gasteiger partial charge in [-0.25, -0.2) is 0 Å². The van der Waals surface area contributed by atoms with Gasteiger partial charge in [0.15, 0.2) is 0 Å². The third-order valence-electron chi connectivity index (χ3n) is 3.26. The van der Waals surface area contributed by atoms with Gasteiger partial charge in [0.1, 0.15) is 0 Å². The maximum atomic E-state index is 9.91. The molecule has 0 aliphatic carbocycles. The van der Waals surface area contributed by atoms with Crippen molar-refractivity contribution in [3.63, 3.8) is 0 Å². The molecule has 0 aliphatic heterocycles. The maximum Gasteiger partial charge on any atom is 0.0580 e. The summed E-state index contributed by atoms with van der Waals surface area (Å²) in [6.45, 7) is 6.60. The van der Waals surface area contributed by atoms with Gasteiger partial charge in [-0.1, -0.05) is 64.3 Å². The minimum Gasteiger partial charge on any atom is -0.393 e. The quantitative estimate of drug-likeness (QED) is 0.698. The fourth-order valence-electron chi connectivity index (χ4n) is 2.04. The zero-order chi connectivity index (χ0) is 12.7. The number of aliphatic hydroxyl groups excluding tert-OH is 1. The van der Waals surface area contributed by atoms with E-state index in [-0.39, 0.29) is 6.10 Å². The second kappa shape index (κ2) is 7.50. The van der Waals surface area contributed by atoms with E-state index in [2.05, 4.69) is 45.0 Å². The number of unbranched alkanes of at least 4 members (excludes halogenated alkanes) is 2. The van der Waals surface area contributed by atoms with Crippen LogP contribution in [0.5, 0.6) is 0 Å². The lowest BCUT2D eigenvalue weighted by Gasteiger charge is -2.11. The molecule has 1 unspecified atom stereocenters. The van der Waals surface area contributed by atoms with Crippen LogP contribution in [0.2, 0.25) is 0 Å².